The van der Waals surface area contributed by atoms with E-state index in [4.69, 9.17) is 5.84 Å². The van der Waals surface area contributed by atoms with E-state index in [0.29, 0.717) is 11.3 Å². The number of hydrogen-bond acceptors (Lipinski definition) is 5. The number of nitrogens with zero attached hydrogens (tertiary/aromatic N) is 1. The lowest BCUT2D eigenvalue weighted by molar-refractivity contribution is -0.149. The van der Waals surface area contributed by atoms with Gasteiger partial charge in [0.15, 0.2) is 5.69 Å². The van der Waals surface area contributed by atoms with Gasteiger partial charge in [-0.1, -0.05) is 68.7 Å². The van der Waals surface area contributed by atoms with Gasteiger partial charge in [-0.3, -0.25) is 4.79 Å². The first kappa shape index (κ1) is 23.8. The number of nitrogens with one attached hydrogen (secondary N) is 1. The Kier molecular flexibility index (Phi) is 6.64. The number of quaternary nitrogens is 1. The Morgan fingerprint density at radius 1 is 0.969 bits per heavy atom. The quantitative estimate of drug-likeness (QED) is 0.378. The number of aliphatic hydroxyl groups is 1. The highest BCUT2D eigenvalue weighted by atomic mass is 16.3. The van der Waals surface area contributed by atoms with Crippen LogP contribution in [0.1, 0.15) is 46.1 Å². The molecule has 2 aromatic carbocycles. The van der Waals surface area contributed by atoms with E-state index in [9.17, 15) is 19.5 Å². The van der Waals surface area contributed by atoms with Crippen LogP contribution in [0.2, 0.25) is 0 Å². The molecule has 0 saturated heterocycles. The van der Waals surface area contributed by atoms with Crippen molar-refractivity contribution in [2.45, 2.75) is 52.7 Å². The van der Waals surface area contributed by atoms with Gasteiger partial charge in [0.2, 0.25) is 5.91 Å². The third-order valence-electron chi connectivity index (χ3n) is 6.20. The number of amides is 3. The van der Waals surface area contributed by atoms with Crippen LogP contribution in [0, 0.1) is 11.8 Å². The van der Waals surface area contributed by atoms with Crippen LogP contribution in [0.15, 0.2) is 48.5 Å². The van der Waals surface area contributed by atoms with E-state index >= 15 is 0 Å². The predicted molar refractivity (Wildman–Crippen MR) is 124 cm³/mol. The van der Waals surface area contributed by atoms with Gasteiger partial charge in [0, 0.05) is 11.6 Å². The smallest absolute Gasteiger partial charge is 0.367 e. The van der Waals surface area contributed by atoms with Gasteiger partial charge < -0.3 is 10.4 Å². The highest BCUT2D eigenvalue weighted by Crippen LogP contribution is 2.43. The normalized spacial score (nSPS) is 22.0. The molecule has 1 heterocycles. The Morgan fingerprint density at radius 3 is 2.12 bits per heavy atom. The summed E-state index contributed by atoms with van der Waals surface area (Å²) in [5.74, 6) is 3.61. The first-order valence-corrected chi connectivity index (χ1v) is 11.0. The molecule has 32 heavy (non-hydrogen) atoms. The number of aliphatic hydroxyl groups excluding tert-OH is 1. The Morgan fingerprint density at radius 2 is 1.53 bits per heavy atom. The molecule has 170 valence electrons. The van der Waals surface area contributed by atoms with Crippen LogP contribution in [0.3, 0.4) is 0 Å². The van der Waals surface area contributed by atoms with Gasteiger partial charge in [0.05, 0.1) is 0 Å². The maximum absolute atomic E-state index is 13.9. The number of carbonyl (C=O) groups is 3. The fourth-order valence-corrected chi connectivity index (χ4v) is 4.19. The number of para-hydroxylation sites is 1. The monoisotopic (exact) mass is 438 g/mol. The largest absolute Gasteiger partial charge is 0.383 e. The van der Waals surface area contributed by atoms with Crippen molar-refractivity contribution in [2.24, 2.45) is 17.7 Å². The summed E-state index contributed by atoms with van der Waals surface area (Å²) < 4.78 is -1.06. The molecule has 2 aromatic rings. The van der Waals surface area contributed by atoms with Crippen LogP contribution in [0.5, 0.6) is 0 Å². The topological polar surface area (TPSA) is 109 Å². The molecule has 1 aliphatic rings. The zero-order valence-corrected chi connectivity index (χ0v) is 19.2. The Hall–Kier alpha value is -2.87. The maximum Gasteiger partial charge on any atom is 0.367 e. The van der Waals surface area contributed by atoms with Gasteiger partial charge in [0.1, 0.15) is 18.1 Å². The van der Waals surface area contributed by atoms with Crippen LogP contribution in [-0.2, 0) is 14.4 Å². The molecular weight excluding hydrogens is 406 g/mol. The highest BCUT2D eigenvalue weighted by Gasteiger charge is 2.54. The molecule has 7 heteroatoms. The highest BCUT2D eigenvalue weighted by molar-refractivity contribution is 6.16. The van der Waals surface area contributed by atoms with E-state index < -0.39 is 40.4 Å². The third-order valence-corrected chi connectivity index (χ3v) is 6.20. The van der Waals surface area contributed by atoms with Gasteiger partial charge in [-0.2, -0.15) is 5.84 Å². The summed E-state index contributed by atoms with van der Waals surface area (Å²) in [5.41, 5.74) is 2.71. The molecule has 3 amide bonds. The summed E-state index contributed by atoms with van der Waals surface area (Å²) in [6, 6.07) is 13.6. The SMILES string of the molecule is CC1C(=O)[N+](N)(C(=O)[C@@H](NC(=O)C(O)C(C)C)C(C)C)c2ccccc2-c2ccccc21. The Balaban J connectivity index is 2.15. The summed E-state index contributed by atoms with van der Waals surface area (Å²) >= 11 is 0. The molecule has 0 saturated carbocycles. The van der Waals surface area contributed by atoms with Crippen LogP contribution >= 0.6 is 0 Å². The van der Waals surface area contributed by atoms with Crippen molar-refractivity contribution in [1.82, 2.24) is 9.91 Å². The molecule has 7 nitrogen and oxygen atoms in total. The van der Waals surface area contributed by atoms with Crippen molar-refractivity contribution >= 4 is 23.4 Å². The number of imide groups is 1. The number of fused-ring (bicyclic) bond motifs is 3. The van der Waals surface area contributed by atoms with Gasteiger partial charge in [-0.15, -0.1) is 0 Å². The van der Waals surface area contributed by atoms with E-state index in [1.165, 1.54) is 0 Å². The summed E-state index contributed by atoms with van der Waals surface area (Å²) in [7, 11) is 0. The number of carbonyl (C=O) groups excluding carboxylic acids is 3. The number of rotatable bonds is 5. The molecular formula is C25H32N3O4+. The van der Waals surface area contributed by atoms with E-state index in [2.05, 4.69) is 5.32 Å². The number of benzene rings is 2. The van der Waals surface area contributed by atoms with E-state index in [0.717, 1.165) is 11.1 Å². The van der Waals surface area contributed by atoms with Gasteiger partial charge in [-0.25, -0.2) is 9.59 Å². The van der Waals surface area contributed by atoms with Crippen LogP contribution in [-0.4, -0.2) is 35.0 Å². The third kappa shape index (κ3) is 3.88. The molecule has 4 N–H and O–H groups in total. The van der Waals surface area contributed by atoms with Crippen molar-refractivity contribution in [2.75, 3.05) is 0 Å². The molecule has 3 rings (SSSR count). The van der Waals surface area contributed by atoms with Crippen LogP contribution in [0.4, 0.5) is 5.69 Å². The van der Waals surface area contributed by atoms with Crippen molar-refractivity contribution in [3.05, 3.63) is 54.1 Å². The minimum absolute atomic E-state index is 0.325. The van der Waals surface area contributed by atoms with E-state index in [1.807, 2.05) is 36.4 Å². The van der Waals surface area contributed by atoms with E-state index in [-0.39, 0.29) is 11.8 Å². The van der Waals surface area contributed by atoms with Gasteiger partial charge in [0.25, 0.3) is 0 Å². The number of nitrogens with two attached hydrogens (primary N) is 1. The first-order chi connectivity index (χ1) is 15.0. The summed E-state index contributed by atoms with van der Waals surface area (Å²) in [6.07, 6.45) is -1.27. The Bertz CT molecular complexity index is 1050. The zero-order valence-electron chi connectivity index (χ0n) is 19.2. The molecule has 3 unspecified atom stereocenters. The molecule has 0 radical (unpaired) electrons. The zero-order chi connectivity index (χ0) is 23.8. The second-order valence-electron chi connectivity index (χ2n) is 9.14. The summed E-state index contributed by atoms with van der Waals surface area (Å²) in [4.78, 5) is 40.3. The summed E-state index contributed by atoms with van der Waals surface area (Å²) in [5, 5.41) is 12.8. The van der Waals surface area contributed by atoms with Crippen molar-refractivity contribution in [3.8, 4) is 11.1 Å². The average Bonchev–Trinajstić information content (AvgIpc) is 2.85. The standard InChI is InChI=1S/C25H31N3O4/c1-14(2)21(27-23(30)22(29)15(3)4)25(32)28(26)20-13-9-8-12-19(20)18-11-7-6-10-17(18)16(5)24(28)31/h6-16,21-22,29H,26H2,1-5H3/p+1/t16?,21-,22?,28?/m0/s1. The lowest BCUT2D eigenvalue weighted by atomic mass is 9.92. The summed E-state index contributed by atoms with van der Waals surface area (Å²) in [6.45, 7) is 8.69. The predicted octanol–water partition coefficient (Wildman–Crippen LogP) is 2.86. The van der Waals surface area contributed by atoms with E-state index in [1.54, 1.807) is 46.8 Å². The van der Waals surface area contributed by atoms with Crippen molar-refractivity contribution < 1.29 is 19.5 Å². The molecule has 0 aromatic heterocycles. The molecule has 0 bridgehead atoms. The maximum atomic E-state index is 13.9. The second-order valence-corrected chi connectivity index (χ2v) is 9.14. The minimum atomic E-state index is -1.27. The number of hydrogen-bond donors (Lipinski definition) is 3. The average molecular weight is 439 g/mol. The molecule has 1 aliphatic heterocycles. The fourth-order valence-electron chi connectivity index (χ4n) is 4.19. The fraction of sp³-hybridized carbons (Fsp3) is 0.400. The van der Waals surface area contributed by atoms with Crippen LogP contribution < -0.4 is 15.8 Å². The van der Waals surface area contributed by atoms with Crippen molar-refractivity contribution in [3.63, 3.8) is 0 Å². The minimum Gasteiger partial charge on any atom is -0.383 e. The molecule has 0 aliphatic carbocycles. The first-order valence-electron chi connectivity index (χ1n) is 11.0. The van der Waals surface area contributed by atoms with Crippen LogP contribution in [0.25, 0.3) is 11.1 Å². The molecule has 0 spiro atoms. The molecule has 0 fully saturated rings. The van der Waals surface area contributed by atoms with Crippen molar-refractivity contribution in [1.29, 1.82) is 0 Å². The lowest BCUT2D eigenvalue weighted by Gasteiger charge is -2.33. The Labute approximate surface area is 188 Å². The van der Waals surface area contributed by atoms with Gasteiger partial charge >= 0.3 is 11.8 Å². The van der Waals surface area contributed by atoms with Gasteiger partial charge in [-0.05, 0) is 36.0 Å². The lowest BCUT2D eigenvalue weighted by Crippen LogP contribution is -2.71. The second kappa shape index (κ2) is 8.94. The molecule has 4 atom stereocenters.